The van der Waals surface area contributed by atoms with Crippen molar-refractivity contribution in [2.45, 2.75) is 0 Å². The molecule has 1 heterocycles. The minimum Gasteiger partial charge on any atom is -0.496 e. The maximum absolute atomic E-state index is 12.9. The predicted molar refractivity (Wildman–Crippen MR) is 123 cm³/mol. The highest BCUT2D eigenvalue weighted by molar-refractivity contribution is 9.10. The van der Waals surface area contributed by atoms with Crippen LogP contribution in [-0.4, -0.2) is 24.2 Å². The van der Waals surface area contributed by atoms with Crippen LogP contribution >= 0.6 is 15.9 Å². The second-order valence-electron chi connectivity index (χ2n) is 6.53. The van der Waals surface area contributed by atoms with Gasteiger partial charge in [-0.25, -0.2) is 10.4 Å². The topological polar surface area (TPSA) is 63.6 Å². The number of hydrogen-bond donors (Lipinski definition) is 1. The highest BCUT2D eigenvalue weighted by atomic mass is 79.9. The summed E-state index contributed by atoms with van der Waals surface area (Å²) in [6, 6.07) is 24.7. The molecule has 1 N–H and O–H groups in total. The lowest BCUT2D eigenvalue weighted by Gasteiger charge is -2.09. The quantitative estimate of drug-likeness (QED) is 0.319. The number of rotatable bonds is 5. The van der Waals surface area contributed by atoms with Crippen LogP contribution in [0.3, 0.4) is 0 Å². The molecule has 0 saturated heterocycles. The van der Waals surface area contributed by atoms with Crippen molar-refractivity contribution in [3.8, 4) is 17.0 Å². The number of benzene rings is 3. The SMILES string of the molecule is COc1ccc(/C=N\NC(=O)c2cc(-c3ccccc3)nc3ccccc23)cc1Br. The molecule has 3 aromatic carbocycles. The summed E-state index contributed by atoms with van der Waals surface area (Å²) in [6.45, 7) is 0. The van der Waals surface area contributed by atoms with Crippen LogP contribution in [0.25, 0.3) is 22.2 Å². The van der Waals surface area contributed by atoms with Gasteiger partial charge in [0.25, 0.3) is 5.91 Å². The molecule has 4 aromatic rings. The zero-order valence-electron chi connectivity index (χ0n) is 16.2. The molecule has 148 valence electrons. The minimum atomic E-state index is -0.297. The van der Waals surface area contributed by atoms with Crippen LogP contribution in [0.15, 0.2) is 88.4 Å². The lowest BCUT2D eigenvalue weighted by molar-refractivity contribution is 0.0956. The Labute approximate surface area is 182 Å². The van der Waals surface area contributed by atoms with Crippen LogP contribution in [0.2, 0.25) is 0 Å². The predicted octanol–water partition coefficient (Wildman–Crippen LogP) is 5.44. The number of halogens is 1. The molecule has 1 aromatic heterocycles. The molecule has 1 amide bonds. The monoisotopic (exact) mass is 459 g/mol. The first-order valence-electron chi connectivity index (χ1n) is 9.28. The first kappa shape index (κ1) is 19.8. The standard InChI is InChI=1S/C24H18BrN3O2/c1-30-23-12-11-16(13-20(23)25)15-26-28-24(29)19-14-22(17-7-3-2-4-8-17)27-21-10-6-5-9-18(19)21/h2-15H,1H3,(H,28,29)/b26-15-. The van der Waals surface area contributed by atoms with E-state index in [1.165, 1.54) is 0 Å². The van der Waals surface area contributed by atoms with Gasteiger partial charge in [0.1, 0.15) is 5.75 Å². The van der Waals surface area contributed by atoms with Crippen molar-refractivity contribution in [1.29, 1.82) is 0 Å². The van der Waals surface area contributed by atoms with Gasteiger partial charge >= 0.3 is 0 Å². The zero-order valence-corrected chi connectivity index (χ0v) is 17.8. The second-order valence-corrected chi connectivity index (χ2v) is 7.39. The Bertz CT molecular complexity index is 1240. The van der Waals surface area contributed by atoms with Gasteiger partial charge < -0.3 is 4.74 Å². The van der Waals surface area contributed by atoms with E-state index in [1.54, 1.807) is 19.4 Å². The molecular weight excluding hydrogens is 442 g/mol. The molecule has 0 aliphatic carbocycles. The molecule has 0 saturated carbocycles. The van der Waals surface area contributed by atoms with Crippen LogP contribution in [0.5, 0.6) is 5.75 Å². The van der Waals surface area contributed by atoms with Gasteiger partial charge in [-0.2, -0.15) is 5.10 Å². The number of amides is 1. The smallest absolute Gasteiger partial charge is 0.272 e. The Morgan fingerprint density at radius 3 is 2.57 bits per heavy atom. The number of nitrogens with one attached hydrogen (secondary N) is 1. The zero-order chi connectivity index (χ0) is 20.9. The molecule has 5 nitrogen and oxygen atoms in total. The highest BCUT2D eigenvalue weighted by Gasteiger charge is 2.13. The van der Waals surface area contributed by atoms with Gasteiger partial charge in [0.2, 0.25) is 0 Å². The number of hydrazone groups is 1. The molecule has 0 aliphatic rings. The molecular formula is C24H18BrN3O2. The maximum atomic E-state index is 12.9. The van der Waals surface area contributed by atoms with Crippen LogP contribution in [0.1, 0.15) is 15.9 Å². The first-order chi connectivity index (χ1) is 14.7. The lowest BCUT2D eigenvalue weighted by atomic mass is 10.0. The van der Waals surface area contributed by atoms with Gasteiger partial charge in [0, 0.05) is 10.9 Å². The van der Waals surface area contributed by atoms with Crippen molar-refractivity contribution in [1.82, 2.24) is 10.4 Å². The summed E-state index contributed by atoms with van der Waals surface area (Å²) in [5.74, 6) is 0.433. The number of para-hydroxylation sites is 1. The number of carbonyl (C=O) groups excluding carboxylic acids is 1. The van der Waals surface area contributed by atoms with Crippen molar-refractivity contribution in [3.05, 3.63) is 94.5 Å². The van der Waals surface area contributed by atoms with Gasteiger partial charge in [-0.3, -0.25) is 4.79 Å². The van der Waals surface area contributed by atoms with Gasteiger partial charge in [0.05, 0.1) is 34.6 Å². The van der Waals surface area contributed by atoms with Crippen LogP contribution in [-0.2, 0) is 0 Å². The number of carbonyl (C=O) groups is 1. The van der Waals surface area contributed by atoms with E-state index in [9.17, 15) is 4.79 Å². The third-order valence-electron chi connectivity index (χ3n) is 4.59. The Balaban J connectivity index is 1.63. The summed E-state index contributed by atoms with van der Waals surface area (Å²) in [7, 11) is 1.61. The Kier molecular flexibility index (Phi) is 5.86. The summed E-state index contributed by atoms with van der Waals surface area (Å²) < 4.78 is 6.03. The fourth-order valence-electron chi connectivity index (χ4n) is 3.11. The average molecular weight is 460 g/mol. The van der Waals surface area contributed by atoms with E-state index in [0.29, 0.717) is 5.56 Å². The number of fused-ring (bicyclic) bond motifs is 1. The number of nitrogens with zero attached hydrogens (tertiary/aromatic N) is 2. The minimum absolute atomic E-state index is 0.297. The summed E-state index contributed by atoms with van der Waals surface area (Å²) in [5, 5.41) is 4.89. The molecule has 0 bridgehead atoms. The van der Waals surface area contributed by atoms with Crippen LogP contribution in [0.4, 0.5) is 0 Å². The van der Waals surface area contributed by atoms with Crippen molar-refractivity contribution in [3.63, 3.8) is 0 Å². The number of hydrogen-bond acceptors (Lipinski definition) is 4. The van der Waals surface area contributed by atoms with Crippen molar-refractivity contribution in [2.24, 2.45) is 5.10 Å². The Morgan fingerprint density at radius 1 is 1.03 bits per heavy atom. The van der Waals surface area contributed by atoms with Gasteiger partial charge in [0.15, 0.2) is 0 Å². The van der Waals surface area contributed by atoms with Crippen LogP contribution < -0.4 is 10.2 Å². The van der Waals surface area contributed by atoms with E-state index >= 15 is 0 Å². The maximum Gasteiger partial charge on any atom is 0.272 e. The van der Waals surface area contributed by atoms with E-state index in [1.807, 2.05) is 72.8 Å². The number of aromatic nitrogens is 1. The summed E-state index contributed by atoms with van der Waals surface area (Å²) in [5.41, 5.74) is 6.41. The first-order valence-corrected chi connectivity index (χ1v) is 10.1. The third-order valence-corrected chi connectivity index (χ3v) is 5.21. The summed E-state index contributed by atoms with van der Waals surface area (Å²) >= 11 is 3.44. The molecule has 30 heavy (non-hydrogen) atoms. The highest BCUT2D eigenvalue weighted by Crippen LogP contribution is 2.26. The van der Waals surface area contributed by atoms with Crippen molar-refractivity contribution in [2.75, 3.05) is 7.11 Å². The normalized spacial score (nSPS) is 11.0. The van der Waals surface area contributed by atoms with E-state index in [0.717, 1.165) is 37.9 Å². The second kappa shape index (κ2) is 8.88. The Morgan fingerprint density at radius 2 is 1.80 bits per heavy atom. The number of pyridine rings is 1. The molecule has 6 heteroatoms. The average Bonchev–Trinajstić information content (AvgIpc) is 2.79. The fraction of sp³-hybridized carbons (Fsp3) is 0.0417. The molecule has 0 atom stereocenters. The van der Waals surface area contributed by atoms with E-state index in [4.69, 9.17) is 9.72 Å². The molecule has 0 spiro atoms. The molecule has 0 fully saturated rings. The lowest BCUT2D eigenvalue weighted by Crippen LogP contribution is -2.18. The van der Waals surface area contributed by atoms with Crippen LogP contribution in [0, 0.1) is 0 Å². The van der Waals surface area contributed by atoms with E-state index in [2.05, 4.69) is 26.5 Å². The molecule has 4 rings (SSSR count). The van der Waals surface area contributed by atoms with Gasteiger partial charge in [-0.1, -0.05) is 48.5 Å². The van der Waals surface area contributed by atoms with Gasteiger partial charge in [-0.05, 0) is 51.8 Å². The van der Waals surface area contributed by atoms with E-state index in [-0.39, 0.29) is 5.91 Å². The molecule has 0 radical (unpaired) electrons. The third kappa shape index (κ3) is 4.23. The van der Waals surface area contributed by atoms with E-state index < -0.39 is 0 Å². The summed E-state index contributed by atoms with van der Waals surface area (Å²) in [6.07, 6.45) is 1.59. The Hall–Kier alpha value is -3.51. The molecule has 0 unspecified atom stereocenters. The fourth-order valence-corrected chi connectivity index (χ4v) is 3.67. The summed E-state index contributed by atoms with van der Waals surface area (Å²) in [4.78, 5) is 17.6. The van der Waals surface area contributed by atoms with Crippen molar-refractivity contribution >= 4 is 39.0 Å². The molecule has 0 aliphatic heterocycles. The number of methoxy groups -OCH3 is 1. The largest absolute Gasteiger partial charge is 0.496 e. The van der Waals surface area contributed by atoms with Gasteiger partial charge in [-0.15, -0.1) is 0 Å². The van der Waals surface area contributed by atoms with Crippen molar-refractivity contribution < 1.29 is 9.53 Å². The number of ether oxygens (including phenoxy) is 1.